The SMILES string of the molecule is CNc1ccc(-c2nc3ccc(Cl)cn3n2)cc1. The summed E-state index contributed by atoms with van der Waals surface area (Å²) < 4.78 is 1.68. The number of hydrogen-bond donors (Lipinski definition) is 1. The van der Waals surface area contributed by atoms with E-state index in [0.717, 1.165) is 16.9 Å². The first-order chi connectivity index (χ1) is 8.76. The number of nitrogens with one attached hydrogen (secondary N) is 1. The van der Waals surface area contributed by atoms with E-state index in [4.69, 9.17) is 11.6 Å². The predicted octanol–water partition coefficient (Wildman–Crippen LogP) is 3.09. The number of aromatic nitrogens is 3. The molecule has 5 heteroatoms. The summed E-state index contributed by atoms with van der Waals surface area (Å²) in [7, 11) is 1.89. The molecule has 0 unspecified atom stereocenters. The number of hydrogen-bond acceptors (Lipinski definition) is 3. The molecule has 0 radical (unpaired) electrons. The molecule has 3 aromatic rings. The molecule has 0 fully saturated rings. The van der Waals surface area contributed by atoms with Crippen molar-refractivity contribution in [1.82, 2.24) is 14.6 Å². The van der Waals surface area contributed by atoms with Gasteiger partial charge in [-0.05, 0) is 36.4 Å². The van der Waals surface area contributed by atoms with Crippen molar-refractivity contribution in [3.05, 3.63) is 47.6 Å². The Kier molecular flexibility index (Phi) is 2.64. The fourth-order valence-corrected chi connectivity index (χ4v) is 1.92. The number of benzene rings is 1. The van der Waals surface area contributed by atoms with Crippen molar-refractivity contribution in [1.29, 1.82) is 0 Å². The van der Waals surface area contributed by atoms with Crippen molar-refractivity contribution in [2.24, 2.45) is 0 Å². The van der Waals surface area contributed by atoms with Gasteiger partial charge >= 0.3 is 0 Å². The normalized spacial score (nSPS) is 10.8. The molecular formula is C13H11ClN4. The van der Waals surface area contributed by atoms with Gasteiger partial charge in [0.1, 0.15) is 0 Å². The van der Waals surface area contributed by atoms with Crippen LogP contribution in [-0.2, 0) is 0 Å². The molecule has 2 aromatic heterocycles. The maximum absolute atomic E-state index is 5.92. The number of fused-ring (bicyclic) bond motifs is 1. The molecule has 1 N–H and O–H groups in total. The number of rotatable bonds is 2. The van der Waals surface area contributed by atoms with Crippen LogP contribution in [0.25, 0.3) is 17.0 Å². The van der Waals surface area contributed by atoms with Crippen LogP contribution in [0.3, 0.4) is 0 Å². The first kappa shape index (κ1) is 11.0. The largest absolute Gasteiger partial charge is 0.388 e. The summed E-state index contributed by atoms with van der Waals surface area (Å²) in [6.07, 6.45) is 1.75. The lowest BCUT2D eigenvalue weighted by Gasteiger charge is -1.99. The van der Waals surface area contributed by atoms with Crippen LogP contribution in [0.2, 0.25) is 5.02 Å². The molecule has 90 valence electrons. The molecule has 1 aromatic carbocycles. The summed E-state index contributed by atoms with van der Waals surface area (Å²) >= 11 is 5.92. The van der Waals surface area contributed by atoms with Crippen molar-refractivity contribution in [2.45, 2.75) is 0 Å². The van der Waals surface area contributed by atoms with E-state index < -0.39 is 0 Å². The molecule has 18 heavy (non-hydrogen) atoms. The van der Waals surface area contributed by atoms with E-state index >= 15 is 0 Å². The Morgan fingerprint density at radius 1 is 1.11 bits per heavy atom. The van der Waals surface area contributed by atoms with E-state index in [0.29, 0.717) is 10.8 Å². The molecule has 0 atom stereocenters. The van der Waals surface area contributed by atoms with Crippen molar-refractivity contribution in [3.63, 3.8) is 0 Å². The van der Waals surface area contributed by atoms with Crippen LogP contribution < -0.4 is 5.32 Å². The third kappa shape index (κ3) is 1.91. The van der Waals surface area contributed by atoms with Crippen molar-refractivity contribution >= 4 is 22.9 Å². The maximum atomic E-state index is 5.92. The monoisotopic (exact) mass is 258 g/mol. The minimum atomic E-state index is 0.643. The third-order valence-electron chi connectivity index (χ3n) is 2.73. The summed E-state index contributed by atoms with van der Waals surface area (Å²) in [5.74, 6) is 0.694. The Balaban J connectivity index is 2.07. The average Bonchev–Trinajstić information content (AvgIpc) is 2.81. The van der Waals surface area contributed by atoms with E-state index in [2.05, 4.69) is 15.4 Å². The molecule has 2 heterocycles. The molecule has 0 spiro atoms. The van der Waals surface area contributed by atoms with Gasteiger partial charge in [0.25, 0.3) is 0 Å². The Labute approximate surface area is 109 Å². The summed E-state index contributed by atoms with van der Waals surface area (Å²) in [4.78, 5) is 4.45. The van der Waals surface area contributed by atoms with Crippen LogP contribution in [0.1, 0.15) is 0 Å². The molecule has 0 aliphatic rings. The zero-order valence-corrected chi connectivity index (χ0v) is 10.5. The highest BCUT2D eigenvalue weighted by molar-refractivity contribution is 6.30. The lowest BCUT2D eigenvalue weighted by Crippen LogP contribution is -1.88. The molecule has 0 saturated carbocycles. The molecule has 4 nitrogen and oxygen atoms in total. The second-order valence-electron chi connectivity index (χ2n) is 3.91. The number of anilines is 1. The van der Waals surface area contributed by atoms with E-state index in [1.54, 1.807) is 16.8 Å². The number of pyridine rings is 1. The number of nitrogens with zero attached hydrogens (tertiary/aromatic N) is 3. The topological polar surface area (TPSA) is 42.2 Å². The van der Waals surface area contributed by atoms with Gasteiger partial charge in [-0.3, -0.25) is 0 Å². The first-order valence-electron chi connectivity index (χ1n) is 5.56. The molecule has 0 aliphatic carbocycles. The van der Waals surface area contributed by atoms with E-state index in [-0.39, 0.29) is 0 Å². The van der Waals surface area contributed by atoms with E-state index in [1.165, 1.54) is 0 Å². The highest BCUT2D eigenvalue weighted by Gasteiger charge is 2.06. The Morgan fingerprint density at radius 2 is 1.89 bits per heavy atom. The van der Waals surface area contributed by atoms with Gasteiger partial charge in [0.05, 0.1) is 5.02 Å². The van der Waals surface area contributed by atoms with Crippen LogP contribution in [-0.4, -0.2) is 21.6 Å². The van der Waals surface area contributed by atoms with Gasteiger partial charge in [0, 0.05) is 24.5 Å². The van der Waals surface area contributed by atoms with Gasteiger partial charge in [-0.1, -0.05) is 11.6 Å². The number of halogens is 1. The maximum Gasteiger partial charge on any atom is 0.182 e. The van der Waals surface area contributed by atoms with Crippen molar-refractivity contribution in [3.8, 4) is 11.4 Å². The van der Waals surface area contributed by atoms with Crippen molar-refractivity contribution in [2.75, 3.05) is 12.4 Å². The highest BCUT2D eigenvalue weighted by atomic mass is 35.5. The minimum absolute atomic E-state index is 0.643. The van der Waals surface area contributed by atoms with Gasteiger partial charge in [-0.25, -0.2) is 9.50 Å². The van der Waals surface area contributed by atoms with Crippen molar-refractivity contribution < 1.29 is 0 Å². The molecular weight excluding hydrogens is 248 g/mol. The Morgan fingerprint density at radius 3 is 2.61 bits per heavy atom. The lowest BCUT2D eigenvalue weighted by atomic mass is 10.2. The van der Waals surface area contributed by atoms with Crippen LogP contribution in [0.15, 0.2) is 42.6 Å². The summed E-state index contributed by atoms with van der Waals surface area (Å²) in [6.45, 7) is 0. The summed E-state index contributed by atoms with van der Waals surface area (Å²) in [6, 6.07) is 11.6. The first-order valence-corrected chi connectivity index (χ1v) is 5.94. The Bertz CT molecular complexity index is 688. The highest BCUT2D eigenvalue weighted by Crippen LogP contribution is 2.19. The standard InChI is InChI=1S/C13H11ClN4/c1-15-11-5-2-9(3-6-11)13-16-12-7-4-10(14)8-18(12)17-13/h2-8,15H,1H3. The lowest BCUT2D eigenvalue weighted by molar-refractivity contribution is 0.966. The quantitative estimate of drug-likeness (QED) is 0.768. The van der Waals surface area contributed by atoms with Gasteiger partial charge in [0.2, 0.25) is 0 Å². The summed E-state index contributed by atoms with van der Waals surface area (Å²) in [5.41, 5.74) is 2.83. The minimum Gasteiger partial charge on any atom is -0.388 e. The average molecular weight is 259 g/mol. The second kappa shape index (κ2) is 4.31. The molecule has 0 amide bonds. The fraction of sp³-hybridized carbons (Fsp3) is 0.0769. The molecule has 3 rings (SSSR count). The van der Waals surface area contributed by atoms with Crippen LogP contribution in [0, 0.1) is 0 Å². The smallest absolute Gasteiger partial charge is 0.182 e. The van der Waals surface area contributed by atoms with E-state index in [1.807, 2.05) is 37.4 Å². The van der Waals surface area contributed by atoms with Gasteiger partial charge < -0.3 is 5.32 Å². The van der Waals surface area contributed by atoms with Crippen LogP contribution >= 0.6 is 11.6 Å². The fourth-order valence-electron chi connectivity index (χ4n) is 1.77. The van der Waals surface area contributed by atoms with E-state index in [9.17, 15) is 0 Å². The summed E-state index contributed by atoms with van der Waals surface area (Å²) in [5, 5.41) is 8.12. The second-order valence-corrected chi connectivity index (χ2v) is 4.35. The Hall–Kier alpha value is -2.07. The third-order valence-corrected chi connectivity index (χ3v) is 2.95. The molecule has 0 saturated heterocycles. The zero-order chi connectivity index (χ0) is 12.5. The van der Waals surface area contributed by atoms with Gasteiger partial charge in [-0.15, -0.1) is 5.10 Å². The molecule has 0 bridgehead atoms. The zero-order valence-electron chi connectivity index (χ0n) is 9.76. The predicted molar refractivity (Wildman–Crippen MR) is 73.0 cm³/mol. The van der Waals surface area contributed by atoms with Gasteiger partial charge in [0.15, 0.2) is 11.5 Å². The van der Waals surface area contributed by atoms with Gasteiger partial charge in [-0.2, -0.15) is 0 Å². The van der Waals surface area contributed by atoms with Crippen LogP contribution in [0.4, 0.5) is 5.69 Å². The molecule has 0 aliphatic heterocycles. The van der Waals surface area contributed by atoms with Crippen LogP contribution in [0.5, 0.6) is 0 Å².